The fourth-order valence-electron chi connectivity index (χ4n) is 3.61. The van der Waals surface area contributed by atoms with Crippen molar-refractivity contribution in [1.82, 2.24) is 5.43 Å². The van der Waals surface area contributed by atoms with E-state index in [1.807, 2.05) is 66.7 Å². The summed E-state index contributed by atoms with van der Waals surface area (Å²) in [7, 11) is 1.62. The van der Waals surface area contributed by atoms with Gasteiger partial charge in [0.2, 0.25) is 0 Å². The Morgan fingerprint density at radius 3 is 2.68 bits per heavy atom. The van der Waals surface area contributed by atoms with Crippen molar-refractivity contribution in [3.8, 4) is 5.75 Å². The average Bonchev–Trinajstić information content (AvgIpc) is 3.24. The van der Waals surface area contributed by atoms with Gasteiger partial charge in [-0.1, -0.05) is 48.0 Å². The van der Waals surface area contributed by atoms with Gasteiger partial charge in [-0.3, -0.25) is 4.79 Å². The van der Waals surface area contributed by atoms with E-state index in [0.29, 0.717) is 16.2 Å². The SMILES string of the molecule is COc1ccc2cc(/C=N/NC(=O)c3cc4c(ccc5ccccc54)o3)c(Cl)cc2c1. The summed E-state index contributed by atoms with van der Waals surface area (Å²) in [5, 5.41) is 9.54. The van der Waals surface area contributed by atoms with Crippen LogP contribution in [0, 0.1) is 0 Å². The van der Waals surface area contributed by atoms with Gasteiger partial charge in [0, 0.05) is 10.9 Å². The highest BCUT2D eigenvalue weighted by atomic mass is 35.5. The molecular weight excluding hydrogens is 412 g/mol. The van der Waals surface area contributed by atoms with E-state index in [4.69, 9.17) is 20.8 Å². The number of nitrogens with zero attached hydrogens (tertiary/aromatic N) is 1. The average molecular weight is 429 g/mol. The van der Waals surface area contributed by atoms with Crippen molar-refractivity contribution < 1.29 is 13.9 Å². The number of carbonyl (C=O) groups excluding carboxylic acids is 1. The van der Waals surface area contributed by atoms with E-state index < -0.39 is 5.91 Å². The molecule has 5 nitrogen and oxygen atoms in total. The summed E-state index contributed by atoms with van der Waals surface area (Å²) < 4.78 is 11.0. The first-order valence-corrected chi connectivity index (χ1v) is 10.0. The fraction of sp³-hybridized carbons (Fsp3) is 0.0400. The van der Waals surface area contributed by atoms with E-state index in [-0.39, 0.29) is 5.76 Å². The van der Waals surface area contributed by atoms with Crippen LogP contribution >= 0.6 is 11.6 Å². The molecule has 0 saturated heterocycles. The van der Waals surface area contributed by atoms with Crippen molar-refractivity contribution in [2.24, 2.45) is 5.10 Å². The van der Waals surface area contributed by atoms with Crippen molar-refractivity contribution >= 4 is 56.2 Å². The van der Waals surface area contributed by atoms with Gasteiger partial charge < -0.3 is 9.15 Å². The number of carbonyl (C=O) groups is 1. The van der Waals surface area contributed by atoms with Gasteiger partial charge in [0.05, 0.1) is 18.3 Å². The van der Waals surface area contributed by atoms with E-state index in [9.17, 15) is 4.79 Å². The van der Waals surface area contributed by atoms with Crippen LogP contribution in [-0.2, 0) is 0 Å². The normalized spacial score (nSPS) is 11.5. The van der Waals surface area contributed by atoms with E-state index in [1.165, 1.54) is 6.21 Å². The van der Waals surface area contributed by atoms with Crippen LogP contribution in [0.5, 0.6) is 5.75 Å². The number of nitrogens with one attached hydrogen (secondary N) is 1. The Kier molecular flexibility index (Phi) is 4.81. The van der Waals surface area contributed by atoms with Gasteiger partial charge in [0.25, 0.3) is 0 Å². The Labute approximate surface area is 182 Å². The molecule has 1 heterocycles. The van der Waals surface area contributed by atoms with Gasteiger partial charge in [-0.15, -0.1) is 0 Å². The summed E-state index contributed by atoms with van der Waals surface area (Å²) in [5.41, 5.74) is 3.85. The Morgan fingerprint density at radius 2 is 1.81 bits per heavy atom. The highest BCUT2D eigenvalue weighted by Gasteiger charge is 2.13. The molecule has 0 aliphatic heterocycles. The topological polar surface area (TPSA) is 63.8 Å². The number of hydrogen-bond acceptors (Lipinski definition) is 4. The van der Waals surface area contributed by atoms with Crippen LogP contribution in [0.15, 0.2) is 82.3 Å². The van der Waals surface area contributed by atoms with E-state index >= 15 is 0 Å². The molecule has 1 amide bonds. The molecule has 0 aliphatic carbocycles. The maximum atomic E-state index is 12.5. The fourth-order valence-corrected chi connectivity index (χ4v) is 3.83. The molecule has 6 heteroatoms. The lowest BCUT2D eigenvalue weighted by Gasteiger charge is -2.05. The van der Waals surface area contributed by atoms with Crippen molar-refractivity contribution in [3.05, 3.63) is 89.1 Å². The summed E-state index contributed by atoms with van der Waals surface area (Å²) in [6, 6.07) is 23.0. The van der Waals surface area contributed by atoms with Crippen molar-refractivity contribution in [1.29, 1.82) is 0 Å². The number of methoxy groups -OCH3 is 1. The number of halogens is 1. The molecule has 1 N–H and O–H groups in total. The second-order valence-electron chi connectivity index (χ2n) is 7.10. The van der Waals surface area contributed by atoms with Crippen LogP contribution in [0.25, 0.3) is 32.5 Å². The van der Waals surface area contributed by atoms with Gasteiger partial charge in [-0.25, -0.2) is 5.43 Å². The maximum Gasteiger partial charge on any atom is 0.307 e. The predicted molar refractivity (Wildman–Crippen MR) is 124 cm³/mol. The number of amides is 1. The summed E-state index contributed by atoms with van der Waals surface area (Å²) in [4.78, 5) is 12.5. The van der Waals surface area contributed by atoms with Crippen LogP contribution in [0.4, 0.5) is 0 Å². The van der Waals surface area contributed by atoms with E-state index in [1.54, 1.807) is 13.2 Å². The molecule has 0 unspecified atom stereocenters. The molecular formula is C25H17ClN2O3. The summed E-state index contributed by atoms with van der Waals surface area (Å²) in [6.07, 6.45) is 1.52. The maximum absolute atomic E-state index is 12.5. The minimum Gasteiger partial charge on any atom is -0.497 e. The first-order chi connectivity index (χ1) is 15.1. The third kappa shape index (κ3) is 3.60. The molecule has 0 fully saturated rings. The lowest BCUT2D eigenvalue weighted by atomic mass is 10.1. The van der Waals surface area contributed by atoms with Crippen LogP contribution in [0.3, 0.4) is 0 Å². The number of ether oxygens (including phenoxy) is 1. The van der Waals surface area contributed by atoms with E-state index in [2.05, 4.69) is 10.5 Å². The number of fused-ring (bicyclic) bond motifs is 4. The monoisotopic (exact) mass is 428 g/mol. The predicted octanol–water partition coefficient (Wildman–Crippen LogP) is 6.17. The van der Waals surface area contributed by atoms with Crippen LogP contribution in [0.1, 0.15) is 16.1 Å². The second kappa shape index (κ2) is 7.78. The standard InChI is InChI=1S/C25H17ClN2O3/c1-30-19-8-6-16-10-18(22(26)12-17(16)11-19)14-27-28-25(29)24-13-21-20-5-3-2-4-15(20)7-9-23(21)31-24/h2-14H,1H3,(H,28,29)/b27-14+. The lowest BCUT2D eigenvalue weighted by molar-refractivity contribution is 0.0929. The summed E-state index contributed by atoms with van der Waals surface area (Å²) >= 11 is 6.38. The zero-order valence-electron chi connectivity index (χ0n) is 16.6. The minimum atomic E-state index is -0.432. The smallest absolute Gasteiger partial charge is 0.307 e. The lowest BCUT2D eigenvalue weighted by Crippen LogP contribution is -2.16. The van der Waals surface area contributed by atoms with Crippen molar-refractivity contribution in [2.45, 2.75) is 0 Å². The molecule has 4 aromatic carbocycles. The van der Waals surface area contributed by atoms with Crippen LogP contribution in [0.2, 0.25) is 5.02 Å². The highest BCUT2D eigenvalue weighted by molar-refractivity contribution is 6.34. The number of hydrazone groups is 1. The van der Waals surface area contributed by atoms with Gasteiger partial charge in [0.1, 0.15) is 11.3 Å². The van der Waals surface area contributed by atoms with Crippen molar-refractivity contribution in [2.75, 3.05) is 7.11 Å². The van der Waals surface area contributed by atoms with Crippen LogP contribution < -0.4 is 10.2 Å². The van der Waals surface area contributed by atoms with E-state index in [0.717, 1.165) is 32.7 Å². The molecule has 0 bridgehead atoms. The third-order valence-corrected chi connectivity index (χ3v) is 5.51. The van der Waals surface area contributed by atoms with Gasteiger partial charge in [0.15, 0.2) is 5.76 Å². The largest absolute Gasteiger partial charge is 0.497 e. The summed E-state index contributed by atoms with van der Waals surface area (Å²) in [6.45, 7) is 0. The molecule has 1 aromatic heterocycles. The third-order valence-electron chi connectivity index (χ3n) is 5.18. The zero-order chi connectivity index (χ0) is 21.4. The zero-order valence-corrected chi connectivity index (χ0v) is 17.3. The Bertz CT molecular complexity index is 1490. The molecule has 0 aliphatic rings. The summed E-state index contributed by atoms with van der Waals surface area (Å²) in [5.74, 6) is 0.522. The minimum absolute atomic E-state index is 0.195. The van der Waals surface area contributed by atoms with Gasteiger partial charge in [-0.2, -0.15) is 5.10 Å². The molecule has 0 atom stereocenters. The molecule has 31 heavy (non-hydrogen) atoms. The molecule has 0 spiro atoms. The number of hydrogen-bond donors (Lipinski definition) is 1. The van der Waals surface area contributed by atoms with Gasteiger partial charge in [-0.05, 0) is 57.9 Å². The quantitative estimate of drug-likeness (QED) is 0.275. The number of benzene rings is 4. The molecule has 5 aromatic rings. The van der Waals surface area contributed by atoms with Crippen LogP contribution in [-0.4, -0.2) is 19.2 Å². The molecule has 0 saturated carbocycles. The number of furan rings is 1. The van der Waals surface area contributed by atoms with Crippen molar-refractivity contribution in [3.63, 3.8) is 0 Å². The molecule has 0 radical (unpaired) electrons. The Morgan fingerprint density at radius 1 is 0.968 bits per heavy atom. The Hall–Kier alpha value is -3.83. The first kappa shape index (κ1) is 19.2. The molecule has 152 valence electrons. The van der Waals surface area contributed by atoms with Gasteiger partial charge >= 0.3 is 5.91 Å². The second-order valence-corrected chi connectivity index (χ2v) is 7.50. The highest BCUT2D eigenvalue weighted by Crippen LogP contribution is 2.28. The number of rotatable bonds is 4. The first-order valence-electron chi connectivity index (χ1n) is 9.64. The Balaban J connectivity index is 1.39. The molecule has 5 rings (SSSR count).